The van der Waals surface area contributed by atoms with Crippen molar-refractivity contribution in [3.05, 3.63) is 12.2 Å². The van der Waals surface area contributed by atoms with Gasteiger partial charge in [-0.1, -0.05) is 109 Å². The van der Waals surface area contributed by atoms with E-state index in [-0.39, 0.29) is 55.8 Å². The van der Waals surface area contributed by atoms with E-state index in [1.807, 2.05) is 61.5 Å². The van der Waals surface area contributed by atoms with Crippen LogP contribution in [0.4, 0.5) is 4.79 Å². The van der Waals surface area contributed by atoms with E-state index in [0.29, 0.717) is 6.42 Å². The number of nitrogens with one attached hydrogen (secondary N) is 4. The predicted molar refractivity (Wildman–Crippen MR) is 342 cm³/mol. The van der Waals surface area contributed by atoms with Gasteiger partial charge in [-0.15, -0.1) is 0 Å². The third-order valence-electron chi connectivity index (χ3n) is 16.1. The summed E-state index contributed by atoms with van der Waals surface area (Å²) in [6, 6.07) is -12.3. The van der Waals surface area contributed by atoms with Gasteiger partial charge in [0.1, 0.15) is 60.4 Å². The smallest absolute Gasteiger partial charge is 0.401 e. The van der Waals surface area contributed by atoms with Crippen LogP contribution in [0.15, 0.2) is 12.2 Å². The first kappa shape index (κ1) is 82.6. The molecule has 0 aromatic heterocycles. The lowest BCUT2D eigenvalue weighted by molar-refractivity contribution is -0.157. The highest BCUT2D eigenvalue weighted by Gasteiger charge is 2.45. The Hall–Kier alpha value is -6.37. The van der Waals surface area contributed by atoms with Crippen LogP contribution >= 0.6 is 11.6 Å². The second-order valence-corrected chi connectivity index (χ2v) is 26.7. The lowest BCUT2D eigenvalue weighted by Gasteiger charge is -2.41. The second-order valence-electron chi connectivity index (χ2n) is 26.3. The molecule has 0 radical (unpaired) electrons. The number of halogens is 1. The molecule has 25 nitrogen and oxygen atoms in total. The molecule has 0 aromatic rings. The van der Waals surface area contributed by atoms with Crippen LogP contribution in [-0.2, 0) is 52.7 Å². The molecule has 26 heteroatoms. The molecule has 0 aromatic carbocycles. The number of carbonyl (C=O) groups is 12. The normalized spacial score (nSPS) is 26.0. The van der Waals surface area contributed by atoms with E-state index in [9.17, 15) is 48.3 Å². The number of likely N-dealkylation sites (N-methyl/N-ethyl adjacent to an activating group) is 7. The van der Waals surface area contributed by atoms with Gasteiger partial charge in [-0.3, -0.25) is 52.7 Å². The van der Waals surface area contributed by atoms with Crippen molar-refractivity contribution in [1.82, 2.24) is 55.6 Å². The molecular formula is C63H112ClN11O14. The minimum absolute atomic E-state index is 0.0229. The number of hydrogen-bond acceptors (Lipinski definition) is 13. The average molecular weight is 1280 g/mol. The molecule has 1 heterocycles. The Morgan fingerprint density at radius 2 is 0.899 bits per heavy atom. The third kappa shape index (κ3) is 25.1. The van der Waals surface area contributed by atoms with Crippen molar-refractivity contribution in [3.8, 4) is 0 Å². The molecular weight excluding hydrogens is 1170 g/mol. The number of allylic oxidation sites excluding steroid dienone is 2. The van der Waals surface area contributed by atoms with Crippen molar-refractivity contribution in [2.24, 2.45) is 41.4 Å². The van der Waals surface area contributed by atoms with Gasteiger partial charge in [0.25, 0.3) is 0 Å². The molecule has 0 spiro atoms. The Labute approximate surface area is 535 Å². The highest BCUT2D eigenvalue weighted by atomic mass is 35.5. The van der Waals surface area contributed by atoms with Crippen LogP contribution in [0.3, 0.4) is 0 Å². The number of amides is 11. The molecule has 0 saturated carbocycles. The maximum atomic E-state index is 15.1. The number of aliphatic hydroxyl groups is 1. The zero-order valence-electron chi connectivity index (χ0n) is 57.8. The van der Waals surface area contributed by atoms with E-state index in [1.165, 1.54) is 87.7 Å². The van der Waals surface area contributed by atoms with Crippen molar-refractivity contribution in [3.63, 3.8) is 0 Å². The highest BCUT2D eigenvalue weighted by Crippen LogP contribution is 2.26. The van der Waals surface area contributed by atoms with Gasteiger partial charge in [-0.2, -0.15) is 0 Å². The molecule has 1 rings (SSSR count). The Morgan fingerprint density at radius 3 is 1.33 bits per heavy atom. The summed E-state index contributed by atoms with van der Waals surface area (Å²) in [5, 5.41) is 30.2. The van der Waals surface area contributed by atoms with Crippen LogP contribution in [0.2, 0.25) is 0 Å². The molecule has 89 heavy (non-hydrogen) atoms. The molecule has 0 bridgehead atoms. The standard InChI is InChI=1S/C62H111N11O12.CHClO2/c1-25-27-28-40(15)52(75)51-56(79)65-43(26-2)58(81)67(18)33-48(74)68(19)44(29-34(3)4)55(78)66-49(38(11)12)61(84)69(20)45(30-35(5)6)54(77)63-41(16)53(76)64-42(17)57(80)70(21)46(31-36(7)8)59(82)71(22)47(32-37(9)10)60(83)72(23)50(39(13)14)62(85)73(51)24;2-1(3)4/h25,27,34-47,49-52,75H,26,28-33H2,1-24H3,(H,63,77)(H,64,76)(H,65,79)(H,66,78);(H,3,4)/t40-,41+,42-,43+,44+,45+,46+,47+,49+,50+,51+,52-;/m1./s1. The van der Waals surface area contributed by atoms with Crippen molar-refractivity contribution >= 4 is 82.0 Å². The van der Waals surface area contributed by atoms with Gasteiger partial charge in [-0.05, 0) is 101 Å². The molecule has 1 fully saturated rings. The Bertz CT molecular complexity index is 2440. The van der Waals surface area contributed by atoms with Crippen molar-refractivity contribution in [2.75, 3.05) is 55.9 Å². The minimum atomic E-state index is -1.61. The summed E-state index contributed by atoms with van der Waals surface area (Å²) in [6.07, 6.45) is 3.04. The van der Waals surface area contributed by atoms with Crippen LogP contribution in [-0.4, -0.2) is 237 Å². The van der Waals surface area contributed by atoms with Crippen LogP contribution in [0.5, 0.6) is 0 Å². The van der Waals surface area contributed by atoms with Gasteiger partial charge in [0.15, 0.2) is 0 Å². The summed E-state index contributed by atoms with van der Waals surface area (Å²) in [6.45, 7) is 29.3. The van der Waals surface area contributed by atoms with E-state index >= 15 is 9.59 Å². The summed E-state index contributed by atoms with van der Waals surface area (Å²) >= 11 is 4.19. The van der Waals surface area contributed by atoms with Gasteiger partial charge in [-0.25, -0.2) is 4.79 Å². The van der Waals surface area contributed by atoms with Crippen molar-refractivity contribution in [1.29, 1.82) is 0 Å². The van der Waals surface area contributed by atoms with Gasteiger partial charge in [0.05, 0.1) is 12.6 Å². The molecule has 510 valence electrons. The van der Waals surface area contributed by atoms with Gasteiger partial charge in [0, 0.05) is 60.9 Å². The lowest BCUT2D eigenvalue weighted by Crippen LogP contribution is -2.63. The predicted octanol–water partition coefficient (Wildman–Crippen LogP) is 4.17. The highest BCUT2D eigenvalue weighted by molar-refractivity contribution is 6.60. The number of aliphatic hydroxyl groups excluding tert-OH is 1. The second kappa shape index (κ2) is 38.4. The molecule has 12 atom stereocenters. The summed E-state index contributed by atoms with van der Waals surface area (Å²) in [5.74, 6) is -9.71. The molecule has 0 unspecified atom stereocenters. The lowest BCUT2D eigenvalue weighted by atomic mass is 9.91. The van der Waals surface area contributed by atoms with Crippen molar-refractivity contribution < 1.29 is 67.7 Å². The van der Waals surface area contributed by atoms with Crippen LogP contribution in [0.1, 0.15) is 156 Å². The number of nitrogens with zero attached hydrogens (tertiary/aromatic N) is 7. The quantitative estimate of drug-likeness (QED) is 0.0991. The molecule has 11 amide bonds. The Balaban J connectivity index is 0.0000187. The van der Waals surface area contributed by atoms with Gasteiger partial charge >= 0.3 is 5.43 Å². The zero-order valence-corrected chi connectivity index (χ0v) is 58.6. The summed E-state index contributed by atoms with van der Waals surface area (Å²) in [4.78, 5) is 177. The summed E-state index contributed by atoms with van der Waals surface area (Å²) in [5.41, 5.74) is -1.36. The Kier molecular flexibility index (Phi) is 35.6. The van der Waals surface area contributed by atoms with E-state index in [4.69, 9.17) is 9.90 Å². The number of hydrogen-bond donors (Lipinski definition) is 6. The van der Waals surface area contributed by atoms with Crippen LogP contribution < -0.4 is 21.3 Å². The average Bonchev–Trinajstić information content (AvgIpc) is 0.999. The molecule has 1 aliphatic rings. The fourth-order valence-corrected chi connectivity index (χ4v) is 10.7. The van der Waals surface area contributed by atoms with Gasteiger partial charge in [0.2, 0.25) is 65.0 Å². The largest absolute Gasteiger partial charge is 0.469 e. The minimum Gasteiger partial charge on any atom is -0.469 e. The monoisotopic (exact) mass is 1280 g/mol. The number of carbonyl (C=O) groups excluding carboxylic acids is 11. The molecule has 1 aliphatic heterocycles. The van der Waals surface area contributed by atoms with Crippen LogP contribution in [0, 0.1) is 41.4 Å². The maximum absolute atomic E-state index is 15.1. The first-order chi connectivity index (χ1) is 40.9. The molecule has 6 N–H and O–H groups in total. The van der Waals surface area contributed by atoms with E-state index in [0.717, 1.165) is 9.80 Å². The first-order valence-electron chi connectivity index (χ1n) is 31.2. The fraction of sp³-hybridized carbons (Fsp3) is 0.778. The fourth-order valence-electron chi connectivity index (χ4n) is 10.7. The summed E-state index contributed by atoms with van der Waals surface area (Å²) < 4.78 is 0. The molecule has 1 saturated heterocycles. The topological polar surface area (TPSA) is 316 Å². The van der Waals surface area contributed by atoms with E-state index in [1.54, 1.807) is 54.5 Å². The van der Waals surface area contributed by atoms with Crippen molar-refractivity contribution in [2.45, 2.75) is 223 Å². The van der Waals surface area contributed by atoms with E-state index in [2.05, 4.69) is 32.9 Å². The zero-order chi connectivity index (χ0) is 69.6. The maximum Gasteiger partial charge on any atom is 0.401 e. The number of carboxylic acid groups (broad SMARTS) is 1. The third-order valence-corrected chi connectivity index (χ3v) is 16.1. The summed E-state index contributed by atoms with van der Waals surface area (Å²) in [7, 11) is 9.92. The number of rotatable bonds is 15. The van der Waals surface area contributed by atoms with E-state index < -0.39 is 161 Å². The Morgan fingerprint density at radius 1 is 0.506 bits per heavy atom. The SMILES string of the molecule is CC=CC[C@@H](C)[C@@H](O)[C@H]1C(=O)N[C@@H](CC)C(=O)N(C)CC(=O)N(C)[C@@H](CC(C)C)C(=O)N[C@@H](C(C)C)C(=O)N(C)[C@@H](CC(C)C)C(=O)N[C@@H](C)C(=O)N[C@H](C)C(=O)N(C)[C@@H](CC(C)C)C(=O)N(C)[C@@H](CC(C)C)C(=O)N(C)[C@@H](C(C)C)C(=O)N1C.O=C(O)Cl. The van der Waals surface area contributed by atoms with Gasteiger partial charge < -0.3 is 65.8 Å². The first-order valence-corrected chi connectivity index (χ1v) is 31.6. The molecule has 0 aliphatic carbocycles. The van der Waals surface area contributed by atoms with Crippen LogP contribution in [0.25, 0.3) is 0 Å².